The van der Waals surface area contributed by atoms with Crippen LogP contribution in [0.25, 0.3) is 0 Å². The minimum absolute atomic E-state index is 0.156. The first-order valence-corrected chi connectivity index (χ1v) is 13.6. The molecule has 4 aliphatic carbocycles. The number of hydrogen-bond donors (Lipinski definition) is 0. The molecule has 0 heterocycles. The van der Waals surface area contributed by atoms with Gasteiger partial charge in [0.15, 0.2) is 0 Å². The number of hydrogen-bond acceptors (Lipinski definition) is 2. The van der Waals surface area contributed by atoms with Crippen LogP contribution in [-0.4, -0.2) is 5.97 Å². The van der Waals surface area contributed by atoms with Crippen LogP contribution in [0.5, 0.6) is 0 Å². The third kappa shape index (κ3) is 4.15. The van der Waals surface area contributed by atoms with Gasteiger partial charge in [-0.05, 0) is 103 Å². The second kappa shape index (κ2) is 8.86. The average molecular weight is 429 g/mol. The van der Waals surface area contributed by atoms with Crippen molar-refractivity contribution in [2.75, 3.05) is 0 Å². The van der Waals surface area contributed by atoms with Crippen LogP contribution in [0.4, 0.5) is 0 Å². The van der Waals surface area contributed by atoms with Crippen molar-refractivity contribution in [3.05, 3.63) is 11.8 Å². The van der Waals surface area contributed by atoms with Gasteiger partial charge in [-0.25, -0.2) is 0 Å². The van der Waals surface area contributed by atoms with E-state index < -0.39 is 0 Å². The predicted octanol–water partition coefficient (Wildman–Crippen LogP) is 8.16. The van der Waals surface area contributed by atoms with Crippen LogP contribution in [-0.2, 0) is 9.53 Å². The van der Waals surface area contributed by atoms with E-state index in [-0.39, 0.29) is 5.97 Å². The van der Waals surface area contributed by atoms with E-state index in [2.05, 4.69) is 40.7 Å². The van der Waals surface area contributed by atoms with E-state index in [1.165, 1.54) is 71.1 Å². The third-order valence-corrected chi connectivity index (χ3v) is 11.1. The number of ether oxygens (including phenoxy) is 1. The summed E-state index contributed by atoms with van der Waals surface area (Å²) in [6, 6.07) is 0. The molecule has 0 aliphatic heterocycles. The Morgan fingerprint density at radius 1 is 1.03 bits per heavy atom. The Bertz CT molecular complexity index is 695. The van der Waals surface area contributed by atoms with Crippen molar-refractivity contribution in [3.63, 3.8) is 0 Å². The van der Waals surface area contributed by atoms with Gasteiger partial charge in [-0.2, -0.15) is 0 Å². The Morgan fingerprint density at radius 3 is 2.48 bits per heavy atom. The molecule has 176 valence electrons. The van der Waals surface area contributed by atoms with E-state index in [0.717, 1.165) is 47.7 Å². The maximum atomic E-state index is 11.5. The van der Waals surface area contributed by atoms with Crippen LogP contribution < -0.4 is 0 Å². The molecule has 0 N–H and O–H groups in total. The highest BCUT2D eigenvalue weighted by Crippen LogP contribution is 2.68. The van der Waals surface area contributed by atoms with E-state index in [1.807, 2.05) is 0 Å². The molecule has 0 aromatic carbocycles. The smallest absolute Gasteiger partial charge is 0.307 e. The SMILES string of the molecule is CCC(C)CCC(C)C1CCC2C3CCC4C=C(OC(C)=O)CCC4(C)C3CCC12C. The van der Waals surface area contributed by atoms with Gasteiger partial charge in [-0.15, -0.1) is 0 Å². The number of carbonyl (C=O) groups excluding carboxylic acids is 1. The molecular formula is C29H48O2. The number of allylic oxidation sites excluding steroid dienone is 2. The monoisotopic (exact) mass is 428 g/mol. The second-order valence-corrected chi connectivity index (χ2v) is 12.6. The highest BCUT2D eigenvalue weighted by atomic mass is 16.5. The summed E-state index contributed by atoms with van der Waals surface area (Å²) in [7, 11) is 0. The Labute approximate surface area is 192 Å². The standard InChI is InChI=1S/C29H48O2/c1-7-19(2)8-9-20(3)25-12-13-26-24-11-10-22-18-23(31-21(4)30)14-16-28(22,5)27(24)15-17-29(25,26)6/h18-20,22,24-27H,7-17H2,1-6H3. The average Bonchev–Trinajstić information content (AvgIpc) is 3.09. The van der Waals surface area contributed by atoms with Crippen LogP contribution in [0.2, 0.25) is 0 Å². The Hall–Kier alpha value is -0.790. The summed E-state index contributed by atoms with van der Waals surface area (Å²) >= 11 is 0. The molecule has 3 saturated carbocycles. The van der Waals surface area contributed by atoms with Gasteiger partial charge in [0.2, 0.25) is 0 Å². The van der Waals surface area contributed by atoms with Gasteiger partial charge in [-0.1, -0.05) is 53.9 Å². The van der Waals surface area contributed by atoms with Crippen LogP contribution >= 0.6 is 0 Å². The normalized spacial score (nSPS) is 43.8. The summed E-state index contributed by atoms with van der Waals surface area (Å²) in [6.45, 7) is 14.2. The lowest BCUT2D eigenvalue weighted by molar-refractivity contribution is -0.138. The maximum absolute atomic E-state index is 11.5. The fourth-order valence-corrected chi connectivity index (χ4v) is 9.03. The lowest BCUT2D eigenvalue weighted by atomic mass is 9.45. The molecule has 4 aliphatic rings. The summed E-state index contributed by atoms with van der Waals surface area (Å²) in [6.07, 6.45) is 17.2. The highest BCUT2D eigenvalue weighted by molar-refractivity contribution is 5.67. The van der Waals surface area contributed by atoms with E-state index in [1.54, 1.807) is 0 Å². The zero-order valence-electron chi connectivity index (χ0n) is 21.2. The summed E-state index contributed by atoms with van der Waals surface area (Å²) in [5.41, 5.74) is 0.987. The fourth-order valence-electron chi connectivity index (χ4n) is 9.03. The van der Waals surface area contributed by atoms with E-state index >= 15 is 0 Å². The van der Waals surface area contributed by atoms with Gasteiger partial charge in [0.25, 0.3) is 0 Å². The van der Waals surface area contributed by atoms with Gasteiger partial charge in [0.1, 0.15) is 5.76 Å². The predicted molar refractivity (Wildman–Crippen MR) is 128 cm³/mol. The minimum Gasteiger partial charge on any atom is -0.432 e. The summed E-state index contributed by atoms with van der Waals surface area (Å²) in [4.78, 5) is 11.5. The second-order valence-electron chi connectivity index (χ2n) is 12.6. The number of carbonyl (C=O) groups is 1. The molecule has 3 fully saturated rings. The van der Waals surface area contributed by atoms with Crippen LogP contribution in [0.1, 0.15) is 112 Å². The van der Waals surface area contributed by atoms with Crippen molar-refractivity contribution >= 4 is 5.97 Å². The van der Waals surface area contributed by atoms with Crippen LogP contribution in [0.3, 0.4) is 0 Å². The first kappa shape index (κ1) is 23.4. The van der Waals surface area contributed by atoms with E-state index in [4.69, 9.17) is 4.74 Å². The molecule has 0 aromatic heterocycles. The minimum atomic E-state index is -0.156. The first-order valence-electron chi connectivity index (χ1n) is 13.6. The van der Waals surface area contributed by atoms with Gasteiger partial charge in [0.05, 0.1) is 0 Å². The molecular weight excluding hydrogens is 380 g/mol. The molecule has 4 rings (SSSR count). The van der Waals surface area contributed by atoms with Crippen molar-refractivity contribution in [3.8, 4) is 0 Å². The van der Waals surface area contributed by atoms with Crippen molar-refractivity contribution < 1.29 is 9.53 Å². The zero-order valence-corrected chi connectivity index (χ0v) is 21.2. The maximum Gasteiger partial charge on any atom is 0.307 e. The highest BCUT2D eigenvalue weighted by Gasteiger charge is 2.60. The van der Waals surface area contributed by atoms with E-state index in [0.29, 0.717) is 16.7 Å². The van der Waals surface area contributed by atoms with Crippen LogP contribution in [0.15, 0.2) is 11.8 Å². The zero-order chi connectivity index (χ0) is 22.4. The molecule has 2 heteroatoms. The van der Waals surface area contributed by atoms with Gasteiger partial charge in [0, 0.05) is 13.3 Å². The molecule has 9 unspecified atom stereocenters. The van der Waals surface area contributed by atoms with Gasteiger partial charge in [-0.3, -0.25) is 4.79 Å². The van der Waals surface area contributed by atoms with Crippen molar-refractivity contribution in [2.24, 2.45) is 52.3 Å². The Kier molecular flexibility index (Phi) is 6.68. The molecule has 31 heavy (non-hydrogen) atoms. The molecule has 0 saturated heterocycles. The summed E-state index contributed by atoms with van der Waals surface area (Å²) < 4.78 is 5.52. The molecule has 0 aromatic rings. The van der Waals surface area contributed by atoms with E-state index in [9.17, 15) is 4.79 Å². The number of esters is 1. The largest absolute Gasteiger partial charge is 0.432 e. The Balaban J connectivity index is 1.47. The van der Waals surface area contributed by atoms with Gasteiger partial charge < -0.3 is 4.74 Å². The molecule has 0 radical (unpaired) electrons. The van der Waals surface area contributed by atoms with Crippen molar-refractivity contribution in [2.45, 2.75) is 112 Å². The topological polar surface area (TPSA) is 26.3 Å². The number of rotatable bonds is 6. The molecule has 2 nitrogen and oxygen atoms in total. The van der Waals surface area contributed by atoms with Crippen LogP contribution in [0, 0.1) is 52.3 Å². The lowest BCUT2D eigenvalue weighted by Gasteiger charge is -2.60. The Morgan fingerprint density at radius 2 is 1.77 bits per heavy atom. The molecule has 0 bridgehead atoms. The lowest BCUT2D eigenvalue weighted by Crippen LogP contribution is -2.52. The quantitative estimate of drug-likeness (QED) is 0.399. The first-order chi connectivity index (χ1) is 14.7. The third-order valence-electron chi connectivity index (χ3n) is 11.1. The van der Waals surface area contributed by atoms with Crippen molar-refractivity contribution in [1.29, 1.82) is 0 Å². The van der Waals surface area contributed by atoms with Gasteiger partial charge >= 0.3 is 5.97 Å². The molecule has 9 atom stereocenters. The summed E-state index contributed by atoms with van der Waals surface area (Å²) in [5, 5.41) is 0. The molecule has 0 spiro atoms. The number of fused-ring (bicyclic) bond motifs is 5. The van der Waals surface area contributed by atoms with Crippen molar-refractivity contribution in [1.82, 2.24) is 0 Å². The molecule has 0 amide bonds. The summed E-state index contributed by atoms with van der Waals surface area (Å²) in [5.74, 6) is 6.85. The fraction of sp³-hybridized carbons (Fsp3) is 0.897.